The number of thiophene rings is 1. The Labute approximate surface area is 406 Å². The highest BCUT2D eigenvalue weighted by molar-refractivity contribution is 7.33. The molecule has 1 aromatic heterocycles. The SMILES string of the molecule is Cc1cc2c3c(c1)N(c1ccc4c(c1)C(C)(C)CCC4(C)C)c1c(sc4ccc(C(C)(C)C)cc14)B3c1cc(C(C)(C)C)ccc1N2c1cc2c(cc1-c1ccccc1)C(C)(C)CCC2(C)C. The van der Waals surface area contributed by atoms with Crippen LogP contribution in [0.5, 0.6) is 0 Å². The summed E-state index contributed by atoms with van der Waals surface area (Å²) in [5, 5.41) is 1.36. The molecule has 0 unspecified atom stereocenters. The van der Waals surface area contributed by atoms with E-state index in [2.05, 4.69) is 223 Å². The maximum atomic E-state index is 2.72. The Balaban J connectivity index is 1.28. The Morgan fingerprint density at radius 3 is 1.69 bits per heavy atom. The van der Waals surface area contributed by atoms with Crippen LogP contribution in [0.3, 0.4) is 0 Å². The van der Waals surface area contributed by atoms with Crippen LogP contribution in [0.15, 0.2) is 109 Å². The highest BCUT2D eigenvalue weighted by Gasteiger charge is 2.48. The van der Waals surface area contributed by atoms with Crippen molar-refractivity contribution in [1.29, 1.82) is 0 Å². The van der Waals surface area contributed by atoms with E-state index in [4.69, 9.17) is 0 Å². The van der Waals surface area contributed by atoms with Gasteiger partial charge in [-0.05, 0) is 175 Å². The van der Waals surface area contributed by atoms with Gasteiger partial charge in [-0.1, -0.05) is 152 Å². The van der Waals surface area contributed by atoms with E-state index in [-0.39, 0.29) is 39.2 Å². The first-order valence-electron chi connectivity index (χ1n) is 25.2. The van der Waals surface area contributed by atoms with Gasteiger partial charge in [-0.15, -0.1) is 11.3 Å². The van der Waals surface area contributed by atoms with Crippen molar-refractivity contribution in [3.05, 3.63) is 148 Å². The van der Waals surface area contributed by atoms with Gasteiger partial charge in [0.2, 0.25) is 0 Å². The monoisotopic (exact) mass is 899 g/mol. The molecule has 0 amide bonds. The Kier molecular flexibility index (Phi) is 9.61. The van der Waals surface area contributed by atoms with E-state index in [1.54, 1.807) is 0 Å². The molecule has 67 heavy (non-hydrogen) atoms. The molecule has 0 N–H and O–H groups in total. The van der Waals surface area contributed by atoms with E-state index in [9.17, 15) is 0 Å². The fraction of sp³-hybridized carbons (Fsp3) is 0.397. The fourth-order valence-corrected chi connectivity index (χ4v) is 13.7. The second-order valence-electron chi connectivity index (χ2n) is 25.7. The standard InChI is InChI=1S/C63H71BN2S/c1-38-31-52-55-53(32-38)66(51-37-48-47(62(12,13)29-30-63(48,14)15)36-43(51)39-19-17-16-18-20-39)50-25-21-41(59(5,6)7)34-49(50)64(55)57-56(44-33-40(58(2,3)4)22-26-54(44)67-57)65(52)42-23-24-45-46(35-42)61(10,11)28-27-60(45,8)9/h16-26,31-37H,27-30H2,1-15H3. The molecule has 11 rings (SSSR count). The molecule has 2 aliphatic carbocycles. The van der Waals surface area contributed by atoms with Crippen molar-refractivity contribution < 1.29 is 0 Å². The summed E-state index contributed by atoms with van der Waals surface area (Å²) >= 11 is 2.02. The van der Waals surface area contributed by atoms with Crippen LogP contribution in [0.4, 0.5) is 34.1 Å². The Morgan fingerprint density at radius 1 is 0.507 bits per heavy atom. The first kappa shape index (κ1) is 44.5. The van der Waals surface area contributed by atoms with Crippen molar-refractivity contribution in [2.24, 2.45) is 0 Å². The summed E-state index contributed by atoms with van der Waals surface area (Å²) in [6.45, 7) is 36.3. The summed E-state index contributed by atoms with van der Waals surface area (Å²) in [6.07, 6.45) is 4.73. The second kappa shape index (κ2) is 14.5. The molecule has 4 aliphatic rings. The van der Waals surface area contributed by atoms with Crippen LogP contribution in [-0.2, 0) is 32.5 Å². The van der Waals surface area contributed by atoms with Crippen LogP contribution in [0.1, 0.15) is 162 Å². The van der Waals surface area contributed by atoms with Crippen molar-refractivity contribution in [2.75, 3.05) is 9.80 Å². The summed E-state index contributed by atoms with van der Waals surface area (Å²) in [5.41, 5.74) is 23.5. The highest BCUT2D eigenvalue weighted by Crippen LogP contribution is 2.55. The molecule has 2 aliphatic heterocycles. The normalized spacial score (nSPS) is 18.5. The molecule has 0 bridgehead atoms. The zero-order valence-electron chi connectivity index (χ0n) is 43.1. The van der Waals surface area contributed by atoms with E-state index in [1.165, 1.54) is 136 Å². The minimum Gasteiger partial charge on any atom is -0.311 e. The van der Waals surface area contributed by atoms with Crippen molar-refractivity contribution in [1.82, 2.24) is 0 Å². The topological polar surface area (TPSA) is 6.48 Å². The van der Waals surface area contributed by atoms with Crippen LogP contribution < -0.4 is 25.5 Å². The van der Waals surface area contributed by atoms with Crippen LogP contribution in [0.25, 0.3) is 21.2 Å². The molecule has 0 atom stereocenters. The van der Waals surface area contributed by atoms with Crippen molar-refractivity contribution in [3.63, 3.8) is 0 Å². The average Bonchev–Trinajstić information content (AvgIpc) is 3.64. The van der Waals surface area contributed by atoms with Gasteiger partial charge in [0.25, 0.3) is 6.71 Å². The molecule has 4 heteroatoms. The Morgan fingerprint density at radius 2 is 1.06 bits per heavy atom. The Hall–Kier alpha value is -5.06. The second-order valence-corrected chi connectivity index (χ2v) is 26.8. The predicted molar refractivity (Wildman–Crippen MR) is 294 cm³/mol. The molecule has 6 aromatic carbocycles. The number of nitrogens with zero attached hydrogens (tertiary/aromatic N) is 2. The minimum atomic E-state index is -0.0259. The third-order valence-corrected chi connectivity index (χ3v) is 18.2. The third-order valence-electron chi connectivity index (χ3n) is 16.9. The summed E-state index contributed by atoms with van der Waals surface area (Å²) in [4.78, 5) is 5.42. The number of hydrogen-bond donors (Lipinski definition) is 0. The van der Waals surface area contributed by atoms with Gasteiger partial charge in [0.05, 0.1) is 11.4 Å². The number of rotatable bonds is 3. The van der Waals surface area contributed by atoms with Gasteiger partial charge in [0.1, 0.15) is 0 Å². The number of fused-ring (bicyclic) bond motifs is 8. The van der Waals surface area contributed by atoms with Crippen molar-refractivity contribution >= 4 is 78.0 Å². The lowest BCUT2D eigenvalue weighted by atomic mass is 9.36. The summed E-state index contributed by atoms with van der Waals surface area (Å²) in [7, 11) is 0. The van der Waals surface area contributed by atoms with E-state index in [1.807, 2.05) is 11.3 Å². The first-order valence-corrected chi connectivity index (χ1v) is 26.0. The van der Waals surface area contributed by atoms with Gasteiger partial charge >= 0.3 is 0 Å². The van der Waals surface area contributed by atoms with Gasteiger partial charge in [0, 0.05) is 43.2 Å². The zero-order chi connectivity index (χ0) is 47.5. The van der Waals surface area contributed by atoms with Crippen molar-refractivity contribution in [2.45, 2.75) is 162 Å². The molecule has 3 heterocycles. The smallest absolute Gasteiger partial charge is 0.264 e. The molecular formula is C63H71BN2S. The lowest BCUT2D eigenvalue weighted by molar-refractivity contribution is 0.332. The molecular weight excluding hydrogens is 828 g/mol. The lowest BCUT2D eigenvalue weighted by Crippen LogP contribution is -2.60. The van der Waals surface area contributed by atoms with Gasteiger partial charge < -0.3 is 9.80 Å². The summed E-state index contributed by atoms with van der Waals surface area (Å²) in [5.74, 6) is 0. The number of benzene rings is 6. The van der Waals surface area contributed by atoms with Gasteiger partial charge in [-0.2, -0.15) is 0 Å². The average molecular weight is 899 g/mol. The van der Waals surface area contributed by atoms with Crippen LogP contribution >= 0.6 is 11.3 Å². The number of hydrogen-bond acceptors (Lipinski definition) is 3. The summed E-state index contributed by atoms with van der Waals surface area (Å²) in [6, 6.07) is 43.9. The molecule has 342 valence electrons. The predicted octanol–water partition coefficient (Wildman–Crippen LogP) is 16.3. The van der Waals surface area contributed by atoms with Crippen molar-refractivity contribution in [3.8, 4) is 11.1 Å². The molecule has 0 radical (unpaired) electrons. The van der Waals surface area contributed by atoms with E-state index in [0.717, 1.165) is 0 Å². The number of anilines is 6. The third kappa shape index (κ3) is 6.84. The largest absolute Gasteiger partial charge is 0.311 e. The maximum absolute atomic E-state index is 2.72. The first-order chi connectivity index (χ1) is 31.4. The Bertz CT molecular complexity index is 3180. The molecule has 0 saturated carbocycles. The quantitative estimate of drug-likeness (QED) is 0.163. The van der Waals surface area contributed by atoms with Crippen LogP contribution in [-0.4, -0.2) is 6.71 Å². The van der Waals surface area contributed by atoms with E-state index < -0.39 is 0 Å². The van der Waals surface area contributed by atoms with E-state index >= 15 is 0 Å². The molecule has 0 saturated heterocycles. The van der Waals surface area contributed by atoms with Gasteiger partial charge in [-0.25, -0.2) is 0 Å². The van der Waals surface area contributed by atoms with E-state index in [0.29, 0.717) is 0 Å². The van der Waals surface area contributed by atoms with Gasteiger partial charge in [0.15, 0.2) is 0 Å². The maximum Gasteiger partial charge on any atom is 0.264 e. The van der Waals surface area contributed by atoms with Crippen LogP contribution in [0.2, 0.25) is 0 Å². The minimum absolute atomic E-state index is 0.0142. The van der Waals surface area contributed by atoms with Gasteiger partial charge in [-0.3, -0.25) is 0 Å². The lowest BCUT2D eigenvalue weighted by Gasteiger charge is -2.46. The molecule has 0 spiro atoms. The molecule has 2 nitrogen and oxygen atoms in total. The fourth-order valence-electron chi connectivity index (χ4n) is 12.4. The highest BCUT2D eigenvalue weighted by atomic mass is 32.1. The molecule has 0 fully saturated rings. The van der Waals surface area contributed by atoms with Crippen LogP contribution in [0, 0.1) is 6.92 Å². The molecule has 7 aromatic rings. The number of aryl methyl sites for hydroxylation is 1. The zero-order valence-corrected chi connectivity index (χ0v) is 43.9. The summed E-state index contributed by atoms with van der Waals surface area (Å²) < 4.78 is 2.80.